The molecule has 0 amide bonds. The van der Waals surface area contributed by atoms with E-state index >= 15 is 0 Å². The number of hydrogen-bond donors (Lipinski definition) is 2. The van der Waals surface area contributed by atoms with Gasteiger partial charge in [-0.1, -0.05) is 24.3 Å². The molecule has 1 aromatic rings. The van der Waals surface area contributed by atoms with Gasteiger partial charge < -0.3 is 0 Å². The fourth-order valence-corrected chi connectivity index (χ4v) is 11.6. The first-order chi connectivity index (χ1) is 13.7. The summed E-state index contributed by atoms with van der Waals surface area (Å²) in [6.45, 7) is 0. The third-order valence-corrected chi connectivity index (χ3v) is 13.0. The molecule has 0 fully saturated rings. The highest BCUT2D eigenvalue weighted by molar-refractivity contribution is 8.23. The van der Waals surface area contributed by atoms with Gasteiger partial charge in [-0.05, 0) is 34.5 Å². The Hall–Kier alpha value is 1.50. The molecule has 4 unspecified atom stereocenters. The Balaban J connectivity index is 1.72. The standard InChI is InChI=1S/C20H26S8/c1-23-11-17(19-25-9-15(7-21)27-19)13-3-5-14(6-4-13)18(12-24-2)20-26-10-16(8-22)28-20/h3-6,9-10,17-22H,7-8,11-12H2,1-2H3. The summed E-state index contributed by atoms with van der Waals surface area (Å²) in [6.07, 6.45) is 4.43. The van der Waals surface area contributed by atoms with Crippen LogP contribution in [-0.2, 0) is 0 Å². The first-order valence-corrected chi connectivity index (χ1v) is 16.7. The van der Waals surface area contributed by atoms with Crippen LogP contribution in [-0.4, -0.2) is 44.7 Å². The summed E-state index contributed by atoms with van der Waals surface area (Å²) in [5, 5.41) is 4.61. The van der Waals surface area contributed by atoms with Crippen LogP contribution in [0.2, 0.25) is 0 Å². The van der Waals surface area contributed by atoms with Crippen molar-refractivity contribution in [3.63, 3.8) is 0 Å². The second kappa shape index (κ2) is 12.5. The van der Waals surface area contributed by atoms with Crippen molar-refractivity contribution in [2.75, 3.05) is 35.5 Å². The second-order valence-corrected chi connectivity index (χ2v) is 14.1. The molecule has 0 radical (unpaired) electrons. The first-order valence-electron chi connectivity index (χ1n) is 9.02. The molecule has 0 saturated carbocycles. The molecule has 0 aliphatic carbocycles. The highest BCUT2D eigenvalue weighted by atomic mass is 32.2. The van der Waals surface area contributed by atoms with Crippen molar-refractivity contribution < 1.29 is 0 Å². The minimum absolute atomic E-state index is 0.569. The average Bonchev–Trinajstić information content (AvgIpc) is 3.40. The summed E-state index contributed by atoms with van der Waals surface area (Å²) in [6, 6.07) is 9.56. The van der Waals surface area contributed by atoms with E-state index < -0.39 is 0 Å². The summed E-state index contributed by atoms with van der Waals surface area (Å²) in [5.41, 5.74) is 2.95. The van der Waals surface area contributed by atoms with Crippen LogP contribution in [0.25, 0.3) is 0 Å². The molecule has 154 valence electrons. The van der Waals surface area contributed by atoms with Gasteiger partial charge in [-0.3, -0.25) is 0 Å². The quantitative estimate of drug-likeness (QED) is 0.299. The maximum absolute atomic E-state index is 4.45. The Morgan fingerprint density at radius 1 is 0.786 bits per heavy atom. The molecular formula is C20H26S8. The average molecular weight is 523 g/mol. The van der Waals surface area contributed by atoms with Gasteiger partial charge in [-0.2, -0.15) is 48.8 Å². The van der Waals surface area contributed by atoms with Gasteiger partial charge in [-0.15, -0.1) is 47.0 Å². The molecular weight excluding hydrogens is 497 g/mol. The lowest BCUT2D eigenvalue weighted by molar-refractivity contribution is 0.844. The fraction of sp³-hybridized carbons (Fsp3) is 0.500. The van der Waals surface area contributed by atoms with Crippen molar-refractivity contribution >= 4 is 95.8 Å². The lowest BCUT2D eigenvalue weighted by Gasteiger charge is -2.25. The van der Waals surface area contributed by atoms with Crippen LogP contribution >= 0.6 is 95.8 Å². The maximum atomic E-state index is 4.45. The van der Waals surface area contributed by atoms with E-state index in [0.29, 0.717) is 21.0 Å². The van der Waals surface area contributed by atoms with E-state index in [1.165, 1.54) is 20.9 Å². The molecule has 4 atom stereocenters. The molecule has 8 heteroatoms. The number of thioether (sulfide) groups is 6. The molecule has 28 heavy (non-hydrogen) atoms. The number of benzene rings is 1. The summed E-state index contributed by atoms with van der Waals surface area (Å²) in [5.74, 6) is 5.17. The predicted molar refractivity (Wildman–Crippen MR) is 150 cm³/mol. The molecule has 1 aromatic carbocycles. The zero-order chi connectivity index (χ0) is 19.9. The van der Waals surface area contributed by atoms with Crippen LogP contribution in [0, 0.1) is 0 Å². The Labute approximate surface area is 206 Å². The Bertz CT molecular complexity index is 625. The molecule has 2 aliphatic rings. The molecule has 2 aliphatic heterocycles. The van der Waals surface area contributed by atoms with Crippen molar-refractivity contribution in [2.24, 2.45) is 0 Å². The van der Waals surface area contributed by atoms with Crippen molar-refractivity contribution in [1.82, 2.24) is 0 Å². The van der Waals surface area contributed by atoms with E-state index in [2.05, 4.69) is 72.9 Å². The Morgan fingerprint density at radius 3 is 1.46 bits per heavy atom. The van der Waals surface area contributed by atoms with E-state index in [4.69, 9.17) is 0 Å². The van der Waals surface area contributed by atoms with Crippen molar-refractivity contribution in [3.05, 3.63) is 56.0 Å². The SMILES string of the molecule is CSCC(c1ccc(C(CSC)C2SC=C(CS)S2)cc1)C1SC=C(CS)S1. The zero-order valence-electron chi connectivity index (χ0n) is 15.9. The Kier molecular flexibility index (Phi) is 10.8. The van der Waals surface area contributed by atoms with E-state index in [9.17, 15) is 0 Å². The third kappa shape index (κ3) is 6.27. The van der Waals surface area contributed by atoms with Crippen molar-refractivity contribution in [2.45, 2.75) is 21.0 Å². The smallest absolute Gasteiger partial charge is 0.0664 e. The molecule has 0 bridgehead atoms. The van der Waals surface area contributed by atoms with Gasteiger partial charge in [0.15, 0.2) is 0 Å². The van der Waals surface area contributed by atoms with E-state index in [-0.39, 0.29) is 0 Å². The van der Waals surface area contributed by atoms with Crippen LogP contribution < -0.4 is 0 Å². The second-order valence-electron chi connectivity index (χ2n) is 6.52. The third-order valence-electron chi connectivity index (χ3n) is 4.66. The van der Waals surface area contributed by atoms with E-state index in [0.717, 1.165) is 23.0 Å². The fourth-order valence-electron chi connectivity index (χ4n) is 3.21. The number of rotatable bonds is 10. The number of thiol groups is 2. The minimum Gasteiger partial charge on any atom is -0.174 e. The topological polar surface area (TPSA) is 0 Å². The molecule has 0 saturated heterocycles. The van der Waals surface area contributed by atoms with Gasteiger partial charge in [0.2, 0.25) is 0 Å². The largest absolute Gasteiger partial charge is 0.174 e. The predicted octanol–water partition coefficient (Wildman–Crippen LogP) is 7.73. The summed E-state index contributed by atoms with van der Waals surface area (Å²) < 4.78 is 1.15. The highest BCUT2D eigenvalue weighted by Crippen LogP contribution is 2.50. The first kappa shape index (κ1) is 24.1. The zero-order valence-corrected chi connectivity index (χ0v) is 22.6. The van der Waals surface area contributed by atoms with Gasteiger partial charge in [0.05, 0.1) is 9.16 Å². The summed E-state index contributed by atoms with van der Waals surface area (Å²) >= 11 is 20.8. The lowest BCUT2D eigenvalue weighted by atomic mass is 9.96. The summed E-state index contributed by atoms with van der Waals surface area (Å²) in [7, 11) is 0. The van der Waals surface area contributed by atoms with Gasteiger partial charge in [-0.25, -0.2) is 0 Å². The number of hydrogen-bond acceptors (Lipinski definition) is 8. The van der Waals surface area contributed by atoms with Crippen molar-refractivity contribution in [1.29, 1.82) is 0 Å². The van der Waals surface area contributed by atoms with Crippen LogP contribution in [0.3, 0.4) is 0 Å². The molecule has 0 nitrogen and oxygen atoms in total. The van der Waals surface area contributed by atoms with Gasteiger partial charge in [0.25, 0.3) is 0 Å². The van der Waals surface area contributed by atoms with Gasteiger partial charge in [0, 0.05) is 44.7 Å². The van der Waals surface area contributed by atoms with Gasteiger partial charge >= 0.3 is 0 Å². The van der Waals surface area contributed by atoms with E-state index in [1.807, 2.05) is 70.6 Å². The minimum atomic E-state index is 0.569. The van der Waals surface area contributed by atoms with Crippen LogP contribution in [0.4, 0.5) is 0 Å². The molecule has 2 heterocycles. The van der Waals surface area contributed by atoms with Crippen molar-refractivity contribution in [3.8, 4) is 0 Å². The van der Waals surface area contributed by atoms with Crippen LogP contribution in [0.1, 0.15) is 23.0 Å². The van der Waals surface area contributed by atoms with E-state index in [1.54, 1.807) is 0 Å². The maximum Gasteiger partial charge on any atom is 0.0664 e. The molecule has 0 aromatic heterocycles. The lowest BCUT2D eigenvalue weighted by Crippen LogP contribution is -2.15. The van der Waals surface area contributed by atoms with Crippen LogP contribution in [0.5, 0.6) is 0 Å². The van der Waals surface area contributed by atoms with Gasteiger partial charge in [0.1, 0.15) is 0 Å². The molecule has 3 rings (SSSR count). The Morgan fingerprint density at radius 2 is 1.18 bits per heavy atom. The summed E-state index contributed by atoms with van der Waals surface area (Å²) in [4.78, 5) is 2.81. The molecule has 0 N–H and O–H groups in total. The highest BCUT2D eigenvalue weighted by Gasteiger charge is 2.30. The molecule has 0 spiro atoms. The monoisotopic (exact) mass is 522 g/mol. The van der Waals surface area contributed by atoms with Crippen LogP contribution in [0.15, 0.2) is 44.9 Å². The normalized spacial score (nSPS) is 24.1.